The van der Waals surface area contributed by atoms with Gasteiger partial charge in [0.1, 0.15) is 0 Å². The molecule has 0 aliphatic heterocycles. The van der Waals surface area contributed by atoms with Gasteiger partial charge in [0, 0.05) is 22.8 Å². The second kappa shape index (κ2) is 6.14. The molecule has 110 valence electrons. The van der Waals surface area contributed by atoms with Gasteiger partial charge in [-0.05, 0) is 36.5 Å². The Morgan fingerprint density at radius 2 is 2.15 bits per heavy atom. The van der Waals surface area contributed by atoms with Crippen LogP contribution in [0.15, 0.2) is 29.2 Å². The molecule has 0 heterocycles. The average Bonchev–Trinajstić information content (AvgIpc) is 2.81. The molecule has 1 amide bonds. The predicted octanol–water partition coefficient (Wildman–Crippen LogP) is 2.78. The van der Waals surface area contributed by atoms with E-state index in [1.807, 2.05) is 0 Å². The smallest absolute Gasteiger partial charge is 0.261 e. The summed E-state index contributed by atoms with van der Waals surface area (Å²) >= 11 is 0. The standard InChI is InChI=1S/C14H18ClNO3S/c1-10-4-2-6-12(10)9-16-14(17)11-5-3-7-13(8-11)20(15,18)19/h3,5,7-8,10,12H,2,4,6,9H2,1H3,(H,16,17). The maximum Gasteiger partial charge on any atom is 0.261 e. The van der Waals surface area contributed by atoms with Crippen LogP contribution in [0.4, 0.5) is 0 Å². The number of hydrogen-bond acceptors (Lipinski definition) is 3. The molecule has 0 spiro atoms. The summed E-state index contributed by atoms with van der Waals surface area (Å²) in [4.78, 5) is 12.0. The minimum absolute atomic E-state index is 0.0546. The molecule has 0 aromatic heterocycles. The van der Waals surface area contributed by atoms with Crippen molar-refractivity contribution in [1.82, 2.24) is 5.32 Å². The van der Waals surface area contributed by atoms with Gasteiger partial charge in [-0.15, -0.1) is 0 Å². The Kier molecular flexibility index (Phi) is 4.70. The van der Waals surface area contributed by atoms with Crippen molar-refractivity contribution in [3.05, 3.63) is 29.8 Å². The van der Waals surface area contributed by atoms with Crippen molar-refractivity contribution < 1.29 is 13.2 Å². The van der Waals surface area contributed by atoms with Crippen LogP contribution >= 0.6 is 10.7 Å². The van der Waals surface area contributed by atoms with Crippen LogP contribution in [-0.4, -0.2) is 20.9 Å². The molecule has 1 fully saturated rings. The van der Waals surface area contributed by atoms with Crippen LogP contribution in [0.3, 0.4) is 0 Å². The lowest BCUT2D eigenvalue weighted by atomic mass is 9.98. The molecule has 1 aliphatic carbocycles. The highest BCUT2D eigenvalue weighted by molar-refractivity contribution is 8.13. The average molecular weight is 316 g/mol. The van der Waals surface area contributed by atoms with Gasteiger partial charge in [0.15, 0.2) is 0 Å². The van der Waals surface area contributed by atoms with Crippen molar-refractivity contribution in [3.8, 4) is 0 Å². The number of rotatable bonds is 4. The molecule has 1 aromatic rings. The first-order chi connectivity index (χ1) is 9.38. The molecule has 2 atom stereocenters. The number of amides is 1. The molecule has 1 saturated carbocycles. The minimum atomic E-state index is -3.81. The Morgan fingerprint density at radius 1 is 1.40 bits per heavy atom. The highest BCUT2D eigenvalue weighted by Gasteiger charge is 2.23. The van der Waals surface area contributed by atoms with Crippen LogP contribution < -0.4 is 5.32 Å². The van der Waals surface area contributed by atoms with E-state index in [2.05, 4.69) is 12.2 Å². The largest absolute Gasteiger partial charge is 0.352 e. The van der Waals surface area contributed by atoms with E-state index < -0.39 is 9.05 Å². The lowest BCUT2D eigenvalue weighted by Crippen LogP contribution is -2.30. The Bertz CT molecular complexity index is 600. The first kappa shape index (κ1) is 15.3. The van der Waals surface area contributed by atoms with E-state index >= 15 is 0 Å². The summed E-state index contributed by atoms with van der Waals surface area (Å²) in [5.41, 5.74) is 0.317. The van der Waals surface area contributed by atoms with Crippen LogP contribution in [0.2, 0.25) is 0 Å². The van der Waals surface area contributed by atoms with Gasteiger partial charge in [-0.3, -0.25) is 4.79 Å². The number of nitrogens with one attached hydrogen (secondary N) is 1. The fraction of sp³-hybridized carbons (Fsp3) is 0.500. The summed E-state index contributed by atoms with van der Waals surface area (Å²) in [5.74, 6) is 0.884. The summed E-state index contributed by atoms with van der Waals surface area (Å²) in [7, 11) is 1.47. The third-order valence-corrected chi connectivity index (χ3v) is 5.29. The van der Waals surface area contributed by atoms with E-state index in [1.165, 1.54) is 31.0 Å². The van der Waals surface area contributed by atoms with Crippen LogP contribution in [0.1, 0.15) is 36.5 Å². The number of carbonyl (C=O) groups excluding carboxylic acids is 1. The summed E-state index contributed by atoms with van der Waals surface area (Å²) in [6.45, 7) is 2.84. The van der Waals surface area contributed by atoms with Gasteiger partial charge in [-0.2, -0.15) is 0 Å². The molecular weight excluding hydrogens is 298 g/mol. The monoisotopic (exact) mass is 315 g/mol. The fourth-order valence-electron chi connectivity index (χ4n) is 2.64. The molecule has 1 aromatic carbocycles. The van der Waals surface area contributed by atoms with E-state index in [0.717, 1.165) is 6.42 Å². The van der Waals surface area contributed by atoms with Gasteiger partial charge in [0.05, 0.1) is 4.90 Å². The Morgan fingerprint density at radius 3 is 2.75 bits per heavy atom. The first-order valence-corrected chi connectivity index (χ1v) is 9.02. The molecule has 0 saturated heterocycles. The predicted molar refractivity (Wildman–Crippen MR) is 78.3 cm³/mol. The van der Waals surface area contributed by atoms with Gasteiger partial charge in [0.25, 0.3) is 15.0 Å². The lowest BCUT2D eigenvalue weighted by Gasteiger charge is -2.16. The minimum Gasteiger partial charge on any atom is -0.352 e. The zero-order valence-corrected chi connectivity index (χ0v) is 12.9. The fourth-order valence-corrected chi connectivity index (χ4v) is 3.44. The summed E-state index contributed by atoms with van der Waals surface area (Å²) in [6, 6.07) is 5.77. The molecule has 6 heteroatoms. The molecule has 4 nitrogen and oxygen atoms in total. The Balaban J connectivity index is 2.02. The highest BCUT2D eigenvalue weighted by atomic mass is 35.7. The van der Waals surface area contributed by atoms with Gasteiger partial charge in [-0.1, -0.05) is 25.8 Å². The van der Waals surface area contributed by atoms with Crippen molar-refractivity contribution in [2.75, 3.05) is 6.54 Å². The van der Waals surface area contributed by atoms with E-state index in [0.29, 0.717) is 23.9 Å². The normalized spacial score (nSPS) is 22.7. The number of hydrogen-bond donors (Lipinski definition) is 1. The maximum absolute atomic E-state index is 12.0. The van der Waals surface area contributed by atoms with Crippen LogP contribution in [0, 0.1) is 11.8 Å². The third-order valence-electron chi connectivity index (χ3n) is 3.94. The van der Waals surface area contributed by atoms with Crippen molar-refractivity contribution in [3.63, 3.8) is 0 Å². The molecule has 20 heavy (non-hydrogen) atoms. The molecule has 1 aliphatic rings. The second-order valence-corrected chi connectivity index (χ2v) is 7.91. The topological polar surface area (TPSA) is 63.2 Å². The molecule has 1 N–H and O–H groups in total. The van der Waals surface area contributed by atoms with E-state index in [1.54, 1.807) is 6.07 Å². The van der Waals surface area contributed by atoms with Crippen molar-refractivity contribution in [2.45, 2.75) is 31.1 Å². The second-order valence-electron chi connectivity index (χ2n) is 5.34. The van der Waals surface area contributed by atoms with Crippen molar-refractivity contribution in [1.29, 1.82) is 0 Å². The van der Waals surface area contributed by atoms with Crippen LogP contribution in [0.25, 0.3) is 0 Å². The zero-order chi connectivity index (χ0) is 14.8. The van der Waals surface area contributed by atoms with Crippen LogP contribution in [-0.2, 0) is 9.05 Å². The molecule has 0 bridgehead atoms. The highest BCUT2D eigenvalue weighted by Crippen LogP contribution is 2.30. The number of halogens is 1. The van der Waals surface area contributed by atoms with Crippen molar-refractivity contribution in [2.24, 2.45) is 11.8 Å². The summed E-state index contributed by atoms with van der Waals surface area (Å²) < 4.78 is 22.5. The quantitative estimate of drug-likeness (QED) is 0.869. The summed E-state index contributed by atoms with van der Waals surface area (Å²) in [6.07, 6.45) is 3.56. The van der Waals surface area contributed by atoms with E-state index in [4.69, 9.17) is 10.7 Å². The Labute approximate surface area is 123 Å². The molecule has 0 radical (unpaired) electrons. The van der Waals surface area contributed by atoms with E-state index in [9.17, 15) is 13.2 Å². The molecule has 2 unspecified atom stereocenters. The third kappa shape index (κ3) is 3.73. The van der Waals surface area contributed by atoms with Crippen molar-refractivity contribution >= 4 is 25.6 Å². The number of carbonyl (C=O) groups is 1. The van der Waals surface area contributed by atoms with E-state index in [-0.39, 0.29) is 10.8 Å². The summed E-state index contributed by atoms with van der Waals surface area (Å²) in [5, 5.41) is 2.87. The number of benzene rings is 1. The zero-order valence-electron chi connectivity index (χ0n) is 11.3. The Hall–Kier alpha value is -1.07. The maximum atomic E-state index is 12.0. The first-order valence-electron chi connectivity index (χ1n) is 6.71. The molecular formula is C14H18ClNO3S. The lowest BCUT2D eigenvalue weighted by molar-refractivity contribution is 0.0944. The van der Waals surface area contributed by atoms with Gasteiger partial charge in [0.2, 0.25) is 0 Å². The van der Waals surface area contributed by atoms with Crippen LogP contribution in [0.5, 0.6) is 0 Å². The van der Waals surface area contributed by atoms with Gasteiger partial charge < -0.3 is 5.32 Å². The molecule has 2 rings (SSSR count). The van der Waals surface area contributed by atoms with Gasteiger partial charge >= 0.3 is 0 Å². The SMILES string of the molecule is CC1CCCC1CNC(=O)c1cccc(S(=O)(=O)Cl)c1. The van der Waals surface area contributed by atoms with Gasteiger partial charge in [-0.25, -0.2) is 8.42 Å².